The lowest BCUT2D eigenvalue weighted by Gasteiger charge is -2.23. The molecule has 0 aromatic heterocycles. The predicted molar refractivity (Wildman–Crippen MR) is 70.9 cm³/mol. The van der Waals surface area contributed by atoms with Gasteiger partial charge in [-0.15, -0.1) is 0 Å². The van der Waals surface area contributed by atoms with Gasteiger partial charge in [0.05, 0.1) is 18.1 Å². The summed E-state index contributed by atoms with van der Waals surface area (Å²) in [7, 11) is -4.19. The van der Waals surface area contributed by atoms with Gasteiger partial charge in [-0.1, -0.05) is 6.07 Å². The molecule has 1 unspecified atom stereocenters. The van der Waals surface area contributed by atoms with E-state index in [1.807, 2.05) is 0 Å². The highest BCUT2D eigenvalue weighted by molar-refractivity contribution is 7.89. The lowest BCUT2D eigenvalue weighted by molar-refractivity contribution is -0.390. The molecular formula is C11H14FN3O5S. The summed E-state index contributed by atoms with van der Waals surface area (Å²) in [4.78, 5) is 9.10. The lowest BCUT2D eigenvalue weighted by Crippen LogP contribution is -2.48. The number of rotatable bonds is 5. The van der Waals surface area contributed by atoms with Crippen LogP contribution in [0, 0.1) is 15.9 Å². The molecule has 0 spiro atoms. The first-order valence-corrected chi connectivity index (χ1v) is 7.64. The highest BCUT2D eigenvalue weighted by Gasteiger charge is 2.29. The zero-order valence-corrected chi connectivity index (χ0v) is 11.7. The number of hydrogen-bond donors (Lipinski definition) is 2. The molecule has 1 aromatic rings. The molecule has 2 N–H and O–H groups in total. The van der Waals surface area contributed by atoms with Crippen molar-refractivity contribution in [1.29, 1.82) is 0 Å². The van der Waals surface area contributed by atoms with Gasteiger partial charge in [-0.2, -0.15) is 4.39 Å². The zero-order valence-electron chi connectivity index (χ0n) is 10.9. The van der Waals surface area contributed by atoms with Crippen molar-refractivity contribution >= 4 is 15.7 Å². The Morgan fingerprint density at radius 2 is 2.29 bits per heavy atom. The molecule has 8 nitrogen and oxygen atoms in total. The van der Waals surface area contributed by atoms with Gasteiger partial charge in [0.25, 0.3) is 0 Å². The van der Waals surface area contributed by atoms with E-state index >= 15 is 0 Å². The van der Waals surface area contributed by atoms with Crippen molar-refractivity contribution in [3.05, 3.63) is 34.1 Å². The van der Waals surface area contributed by atoms with Crippen LogP contribution < -0.4 is 10.0 Å². The van der Waals surface area contributed by atoms with Crippen LogP contribution in [0.15, 0.2) is 23.1 Å². The number of nitrogens with zero attached hydrogens (tertiary/aromatic N) is 1. The fraction of sp³-hybridized carbons (Fsp3) is 0.455. The van der Waals surface area contributed by atoms with Crippen molar-refractivity contribution in [3.63, 3.8) is 0 Å². The van der Waals surface area contributed by atoms with Gasteiger partial charge in [-0.3, -0.25) is 10.1 Å². The molecule has 21 heavy (non-hydrogen) atoms. The first-order valence-electron chi connectivity index (χ1n) is 6.15. The highest BCUT2D eigenvalue weighted by Crippen LogP contribution is 2.26. The van der Waals surface area contributed by atoms with Gasteiger partial charge in [-0.05, 0) is 12.1 Å². The molecule has 2 rings (SSSR count). The Morgan fingerprint density at radius 3 is 2.90 bits per heavy atom. The van der Waals surface area contributed by atoms with Crippen LogP contribution in [0.3, 0.4) is 0 Å². The van der Waals surface area contributed by atoms with Crippen molar-refractivity contribution in [2.75, 3.05) is 26.3 Å². The van der Waals surface area contributed by atoms with Crippen LogP contribution in [0.1, 0.15) is 0 Å². The largest absolute Gasteiger partial charge is 0.378 e. The molecule has 0 radical (unpaired) electrons. The van der Waals surface area contributed by atoms with Gasteiger partial charge in [0.2, 0.25) is 15.8 Å². The maximum atomic E-state index is 13.5. The number of para-hydroxylation sites is 1. The number of ether oxygens (including phenoxy) is 1. The van der Waals surface area contributed by atoms with Crippen LogP contribution in [-0.2, 0) is 14.8 Å². The third-order valence-electron chi connectivity index (χ3n) is 2.94. The summed E-state index contributed by atoms with van der Waals surface area (Å²) >= 11 is 0. The van der Waals surface area contributed by atoms with Crippen molar-refractivity contribution < 1.29 is 22.5 Å². The van der Waals surface area contributed by atoms with Crippen LogP contribution in [0.5, 0.6) is 0 Å². The smallest absolute Gasteiger partial charge is 0.324 e. The SMILES string of the molecule is O=[N+]([O-])c1c(F)cccc1S(=O)(=O)NCC1COCCN1. The van der Waals surface area contributed by atoms with E-state index in [0.717, 1.165) is 18.2 Å². The summed E-state index contributed by atoms with van der Waals surface area (Å²) < 4.78 is 45.1. The molecule has 0 saturated carbocycles. The molecule has 1 heterocycles. The number of hydrogen-bond acceptors (Lipinski definition) is 6. The summed E-state index contributed by atoms with van der Waals surface area (Å²) in [6.45, 7) is 1.45. The molecule has 0 aliphatic carbocycles. The Labute approximate surface area is 120 Å². The minimum Gasteiger partial charge on any atom is -0.378 e. The van der Waals surface area contributed by atoms with E-state index in [2.05, 4.69) is 10.0 Å². The number of sulfonamides is 1. The average Bonchev–Trinajstić information content (AvgIpc) is 2.46. The topological polar surface area (TPSA) is 111 Å². The summed E-state index contributed by atoms with van der Waals surface area (Å²) in [6.07, 6.45) is 0. The monoisotopic (exact) mass is 319 g/mol. The number of nitro groups is 1. The minimum atomic E-state index is -4.19. The summed E-state index contributed by atoms with van der Waals surface area (Å²) in [5, 5.41) is 13.9. The van der Waals surface area contributed by atoms with E-state index in [4.69, 9.17) is 4.74 Å². The minimum absolute atomic E-state index is 0.00397. The third-order valence-corrected chi connectivity index (χ3v) is 4.40. The molecule has 116 valence electrons. The summed E-state index contributed by atoms with van der Waals surface area (Å²) in [5.41, 5.74) is -1.06. The van der Waals surface area contributed by atoms with E-state index in [0.29, 0.717) is 19.8 Å². The maximum Gasteiger partial charge on any atom is 0.324 e. The van der Waals surface area contributed by atoms with Gasteiger partial charge in [0.1, 0.15) is 0 Å². The molecule has 1 aliphatic rings. The summed E-state index contributed by atoms with van der Waals surface area (Å²) in [6, 6.07) is 2.71. The second-order valence-electron chi connectivity index (χ2n) is 4.42. The Morgan fingerprint density at radius 1 is 1.52 bits per heavy atom. The molecule has 1 fully saturated rings. The van der Waals surface area contributed by atoms with Crippen molar-refractivity contribution in [1.82, 2.24) is 10.0 Å². The quantitative estimate of drug-likeness (QED) is 0.584. The van der Waals surface area contributed by atoms with Crippen LogP contribution >= 0.6 is 0 Å². The third kappa shape index (κ3) is 3.73. The Bertz CT molecular complexity index is 631. The molecular weight excluding hydrogens is 305 g/mol. The van der Waals surface area contributed by atoms with Gasteiger partial charge in [0, 0.05) is 19.1 Å². The predicted octanol–water partition coefficient (Wildman–Crippen LogP) is 0.000600. The number of benzene rings is 1. The maximum absolute atomic E-state index is 13.5. The average molecular weight is 319 g/mol. The lowest BCUT2D eigenvalue weighted by atomic mass is 10.3. The van der Waals surface area contributed by atoms with E-state index in [1.165, 1.54) is 0 Å². The normalized spacial score (nSPS) is 19.4. The van der Waals surface area contributed by atoms with Crippen LogP contribution in [-0.4, -0.2) is 45.7 Å². The Balaban J connectivity index is 2.19. The van der Waals surface area contributed by atoms with Gasteiger partial charge < -0.3 is 10.1 Å². The van der Waals surface area contributed by atoms with Gasteiger partial charge in [0.15, 0.2) is 4.90 Å². The van der Waals surface area contributed by atoms with E-state index in [-0.39, 0.29) is 12.6 Å². The molecule has 1 aliphatic heterocycles. The van der Waals surface area contributed by atoms with E-state index in [1.54, 1.807) is 0 Å². The second kappa shape index (κ2) is 6.43. The standard InChI is InChI=1S/C11H14FN3O5S/c12-9-2-1-3-10(11(9)15(16)17)21(18,19)14-6-8-7-20-5-4-13-8/h1-3,8,13-14H,4-7H2. The first-order chi connectivity index (χ1) is 9.92. The highest BCUT2D eigenvalue weighted by atomic mass is 32.2. The number of nitrogens with one attached hydrogen (secondary N) is 2. The van der Waals surface area contributed by atoms with Gasteiger partial charge >= 0.3 is 5.69 Å². The number of morpholine rings is 1. The molecule has 1 saturated heterocycles. The number of halogens is 1. The zero-order chi connectivity index (χ0) is 15.5. The Kier molecular flexibility index (Phi) is 4.83. The van der Waals surface area contributed by atoms with Crippen molar-refractivity contribution in [2.45, 2.75) is 10.9 Å². The van der Waals surface area contributed by atoms with Crippen molar-refractivity contribution in [2.24, 2.45) is 0 Å². The summed E-state index contributed by atoms with van der Waals surface area (Å²) in [5.74, 6) is -1.19. The van der Waals surface area contributed by atoms with Crippen LogP contribution in [0.25, 0.3) is 0 Å². The second-order valence-corrected chi connectivity index (χ2v) is 6.16. The Hall–Kier alpha value is -1.62. The van der Waals surface area contributed by atoms with Crippen molar-refractivity contribution in [3.8, 4) is 0 Å². The molecule has 1 aromatic carbocycles. The molecule has 0 bridgehead atoms. The molecule has 0 amide bonds. The van der Waals surface area contributed by atoms with E-state index < -0.39 is 31.3 Å². The fourth-order valence-corrected chi connectivity index (χ4v) is 3.19. The first kappa shape index (κ1) is 15.8. The fourth-order valence-electron chi connectivity index (χ4n) is 1.93. The molecule has 10 heteroatoms. The van der Waals surface area contributed by atoms with Gasteiger partial charge in [-0.25, -0.2) is 13.1 Å². The van der Waals surface area contributed by atoms with Crippen LogP contribution in [0.4, 0.5) is 10.1 Å². The number of nitro benzene ring substituents is 1. The molecule has 1 atom stereocenters. The van der Waals surface area contributed by atoms with E-state index in [9.17, 15) is 22.9 Å². The van der Waals surface area contributed by atoms with Crippen LogP contribution in [0.2, 0.25) is 0 Å².